The molecule has 1 atom stereocenters. The second kappa shape index (κ2) is 11.6. The number of nitrogens with one attached hydrogen (secondary N) is 1. The summed E-state index contributed by atoms with van der Waals surface area (Å²) in [4.78, 5) is 10.3. The van der Waals surface area contributed by atoms with Crippen molar-refractivity contribution in [3.05, 3.63) is 198 Å². The minimum absolute atomic E-state index is 0.254. The Morgan fingerprint density at radius 2 is 1.20 bits per heavy atom. The largest absolute Gasteiger partial charge is 0.344 e. The second-order valence-electron chi connectivity index (χ2n) is 15.1. The van der Waals surface area contributed by atoms with E-state index in [1.165, 1.54) is 71.3 Å². The van der Waals surface area contributed by atoms with Crippen LogP contribution in [0.1, 0.15) is 47.8 Å². The fourth-order valence-electron chi connectivity index (χ4n) is 8.91. The first-order valence-electron chi connectivity index (χ1n) is 18.7. The topological polar surface area (TPSA) is 41.7 Å². The summed E-state index contributed by atoms with van der Waals surface area (Å²) in [6.45, 7) is 4.75. The highest BCUT2D eigenvalue weighted by molar-refractivity contribution is 6.17. The van der Waals surface area contributed by atoms with E-state index in [0.717, 1.165) is 28.4 Å². The zero-order valence-corrected chi connectivity index (χ0v) is 30.1. The quantitative estimate of drug-likeness (QED) is 0.196. The maximum atomic E-state index is 5.17. The van der Waals surface area contributed by atoms with Crippen LogP contribution < -0.4 is 5.32 Å². The van der Waals surface area contributed by atoms with Crippen LogP contribution >= 0.6 is 0 Å². The molecule has 1 N–H and O–H groups in total. The molecule has 1 aliphatic carbocycles. The van der Waals surface area contributed by atoms with E-state index in [1.807, 2.05) is 24.3 Å². The van der Waals surface area contributed by atoms with Crippen molar-refractivity contribution in [3.8, 4) is 16.8 Å². The van der Waals surface area contributed by atoms with Gasteiger partial charge in [0.1, 0.15) is 12.0 Å². The minimum atomic E-state index is -0.269. The molecule has 2 aliphatic rings. The Hall–Kier alpha value is -6.78. The lowest BCUT2D eigenvalue weighted by atomic mass is 9.81. The molecule has 0 amide bonds. The smallest absolute Gasteiger partial charge is 0.159 e. The molecule has 1 aliphatic heterocycles. The van der Waals surface area contributed by atoms with E-state index in [2.05, 4.69) is 169 Å². The predicted octanol–water partition coefficient (Wildman–Crippen LogP) is 11.9. The van der Waals surface area contributed by atoms with Crippen LogP contribution in [-0.4, -0.2) is 16.2 Å². The van der Waals surface area contributed by atoms with Crippen molar-refractivity contribution in [1.82, 2.24) is 9.88 Å². The molecule has 11 rings (SSSR count). The van der Waals surface area contributed by atoms with Crippen molar-refractivity contribution in [3.63, 3.8) is 0 Å². The molecule has 0 saturated carbocycles. The third-order valence-corrected chi connectivity index (χ3v) is 11.6. The van der Waals surface area contributed by atoms with E-state index >= 15 is 0 Å². The van der Waals surface area contributed by atoms with Crippen LogP contribution in [0.25, 0.3) is 60.2 Å². The molecule has 256 valence electrons. The van der Waals surface area contributed by atoms with Gasteiger partial charge in [0.25, 0.3) is 0 Å². The fourth-order valence-corrected chi connectivity index (χ4v) is 8.91. The number of aromatic nitrogens is 1. The van der Waals surface area contributed by atoms with Crippen LogP contribution in [0.3, 0.4) is 0 Å². The van der Waals surface area contributed by atoms with Crippen LogP contribution in [-0.2, 0) is 5.41 Å². The van der Waals surface area contributed by atoms with Crippen molar-refractivity contribution < 1.29 is 0 Å². The summed E-state index contributed by atoms with van der Waals surface area (Å²) in [5, 5.41) is 11.2. The van der Waals surface area contributed by atoms with Gasteiger partial charge in [-0.25, -0.2) is 9.98 Å². The number of amidine groups is 2. The molecule has 1 unspecified atom stereocenters. The normalized spacial score (nSPS) is 15.9. The van der Waals surface area contributed by atoms with Gasteiger partial charge in [-0.15, -0.1) is 0 Å². The number of nitrogens with zero attached hydrogens (tertiary/aromatic N) is 3. The Kier molecular flexibility index (Phi) is 6.62. The van der Waals surface area contributed by atoms with Gasteiger partial charge in [-0.1, -0.05) is 153 Å². The lowest BCUT2D eigenvalue weighted by Gasteiger charge is -2.25. The Morgan fingerprint density at radius 1 is 0.537 bits per heavy atom. The maximum Gasteiger partial charge on any atom is 0.159 e. The molecule has 0 fully saturated rings. The highest BCUT2D eigenvalue weighted by atomic mass is 15.2. The summed E-state index contributed by atoms with van der Waals surface area (Å²) >= 11 is 0. The highest BCUT2D eigenvalue weighted by Crippen LogP contribution is 2.54. The summed E-state index contributed by atoms with van der Waals surface area (Å²) < 4.78 is 2.54. The number of para-hydroxylation sites is 1. The highest BCUT2D eigenvalue weighted by Gasteiger charge is 2.39. The molecule has 0 radical (unpaired) electrons. The Morgan fingerprint density at radius 3 is 2.00 bits per heavy atom. The Bertz CT molecular complexity index is 3040. The molecule has 2 heterocycles. The van der Waals surface area contributed by atoms with Gasteiger partial charge < -0.3 is 9.88 Å². The molecule has 0 saturated heterocycles. The standard InChI is InChI=1S/C50H36N4/c1-50(2)41-29-36(49-52-47(31-15-5-3-6-16-31)51-48(53-49)32-17-7-4-8-18-32)25-26-39(41)45-42(50)28-35-21-11-12-22-37(35)46(45)54-43-24-14-13-23-38(43)40-27-33-19-9-10-20-34(33)30-44(40)54/h3-30,47H,1-2H3,(H,51,52,53). The van der Waals surface area contributed by atoms with Gasteiger partial charge in [0, 0.05) is 38.3 Å². The molecule has 54 heavy (non-hydrogen) atoms. The maximum absolute atomic E-state index is 5.17. The zero-order chi connectivity index (χ0) is 36.0. The Labute approximate surface area is 313 Å². The van der Waals surface area contributed by atoms with Crippen LogP contribution in [0.5, 0.6) is 0 Å². The molecular formula is C50H36N4. The van der Waals surface area contributed by atoms with Crippen LogP contribution in [0, 0.1) is 0 Å². The summed E-state index contributed by atoms with van der Waals surface area (Å²) in [5.41, 5.74) is 11.7. The molecule has 0 spiro atoms. The lowest BCUT2D eigenvalue weighted by Crippen LogP contribution is -2.33. The number of aliphatic imine (C=N–C) groups is 2. The number of rotatable bonds is 4. The number of hydrogen-bond donors (Lipinski definition) is 1. The van der Waals surface area contributed by atoms with Gasteiger partial charge in [0.15, 0.2) is 5.84 Å². The van der Waals surface area contributed by atoms with Crippen molar-refractivity contribution in [2.75, 3.05) is 0 Å². The van der Waals surface area contributed by atoms with Crippen molar-refractivity contribution in [2.24, 2.45) is 9.98 Å². The molecule has 8 aromatic carbocycles. The van der Waals surface area contributed by atoms with Gasteiger partial charge in [0.05, 0.1) is 16.7 Å². The van der Waals surface area contributed by atoms with Crippen LogP contribution in [0.4, 0.5) is 0 Å². The van der Waals surface area contributed by atoms with Crippen molar-refractivity contribution in [2.45, 2.75) is 25.4 Å². The third kappa shape index (κ3) is 4.56. The van der Waals surface area contributed by atoms with E-state index < -0.39 is 0 Å². The average Bonchev–Trinajstić information content (AvgIpc) is 3.66. The predicted molar refractivity (Wildman–Crippen MR) is 225 cm³/mol. The van der Waals surface area contributed by atoms with Gasteiger partial charge in [-0.05, 0) is 68.7 Å². The lowest BCUT2D eigenvalue weighted by molar-refractivity contribution is 0.659. The third-order valence-electron chi connectivity index (χ3n) is 11.6. The number of benzene rings is 8. The first kappa shape index (κ1) is 30.8. The summed E-state index contributed by atoms with van der Waals surface area (Å²) in [6, 6.07) is 61.3. The monoisotopic (exact) mass is 692 g/mol. The van der Waals surface area contributed by atoms with Gasteiger partial charge in [0.2, 0.25) is 0 Å². The molecule has 1 aromatic heterocycles. The molecule has 9 aromatic rings. The first-order valence-corrected chi connectivity index (χ1v) is 18.7. The van der Waals surface area contributed by atoms with E-state index in [9.17, 15) is 0 Å². The van der Waals surface area contributed by atoms with Gasteiger partial charge in [-0.2, -0.15) is 0 Å². The molecule has 0 bridgehead atoms. The number of hydrogen-bond acceptors (Lipinski definition) is 3. The fraction of sp³-hybridized carbons (Fsp3) is 0.0800. The zero-order valence-electron chi connectivity index (χ0n) is 30.1. The van der Waals surface area contributed by atoms with Gasteiger partial charge >= 0.3 is 0 Å². The Balaban J connectivity index is 1.15. The van der Waals surface area contributed by atoms with E-state index in [1.54, 1.807) is 0 Å². The second-order valence-corrected chi connectivity index (χ2v) is 15.1. The van der Waals surface area contributed by atoms with E-state index in [-0.39, 0.29) is 11.6 Å². The summed E-state index contributed by atoms with van der Waals surface area (Å²) in [6.07, 6.45) is -0.254. The van der Waals surface area contributed by atoms with Crippen molar-refractivity contribution in [1.29, 1.82) is 0 Å². The number of fused-ring (bicyclic) bond motifs is 8. The van der Waals surface area contributed by atoms with Crippen molar-refractivity contribution >= 4 is 55.0 Å². The van der Waals surface area contributed by atoms with E-state index in [0.29, 0.717) is 0 Å². The van der Waals surface area contributed by atoms with Crippen LogP contribution in [0.15, 0.2) is 180 Å². The first-order chi connectivity index (χ1) is 26.5. The van der Waals surface area contributed by atoms with E-state index in [4.69, 9.17) is 9.98 Å². The van der Waals surface area contributed by atoms with Crippen LogP contribution in [0.2, 0.25) is 0 Å². The van der Waals surface area contributed by atoms with Gasteiger partial charge in [-0.3, -0.25) is 0 Å². The molecule has 4 heteroatoms. The summed E-state index contributed by atoms with van der Waals surface area (Å²) in [7, 11) is 0. The minimum Gasteiger partial charge on any atom is -0.344 e. The molecular weight excluding hydrogens is 657 g/mol. The molecule has 4 nitrogen and oxygen atoms in total. The SMILES string of the molecule is CC1(C)c2cc(C3=NC(c4ccccc4)=NC(c4ccccc4)N3)ccc2-c2c1cc1ccccc1c2-n1c2ccccc2c2cc3ccccc3cc21. The average molecular weight is 693 g/mol. The summed E-state index contributed by atoms with van der Waals surface area (Å²) in [5.74, 6) is 1.56.